The van der Waals surface area contributed by atoms with E-state index in [9.17, 15) is 4.79 Å². The summed E-state index contributed by atoms with van der Waals surface area (Å²) in [5.74, 6) is 1.85. The predicted octanol–water partition coefficient (Wildman–Crippen LogP) is 5.24. The van der Waals surface area contributed by atoms with Crippen LogP contribution in [0.1, 0.15) is 11.1 Å². The molecule has 7 heteroatoms. The molecule has 4 aromatic rings. The van der Waals surface area contributed by atoms with Gasteiger partial charge in [0.25, 0.3) is 0 Å². The maximum Gasteiger partial charge on any atom is 0.246 e. The Morgan fingerprint density at radius 1 is 0.889 bits per heavy atom. The van der Waals surface area contributed by atoms with Crippen LogP contribution in [-0.2, 0) is 11.3 Å². The van der Waals surface area contributed by atoms with E-state index in [1.165, 1.54) is 0 Å². The second-order valence-electron chi connectivity index (χ2n) is 8.13. The normalized spacial score (nSPS) is 10.9. The number of amides is 1. The second kappa shape index (κ2) is 11.3. The lowest BCUT2D eigenvalue weighted by Crippen LogP contribution is -2.24. The van der Waals surface area contributed by atoms with Gasteiger partial charge in [-0.3, -0.25) is 4.79 Å². The average molecular weight is 484 g/mol. The summed E-state index contributed by atoms with van der Waals surface area (Å²) >= 11 is 0. The summed E-state index contributed by atoms with van der Waals surface area (Å²) in [7, 11) is 6.58. The summed E-state index contributed by atoms with van der Waals surface area (Å²) in [5, 5.41) is 4.82. The summed E-state index contributed by atoms with van der Waals surface area (Å²) in [6.07, 6.45) is 5.27. The number of carbonyl (C=O) groups is 1. The first-order valence-corrected chi connectivity index (χ1v) is 11.5. The lowest BCUT2D eigenvalue weighted by atomic mass is 10.1. The van der Waals surface area contributed by atoms with Crippen LogP contribution in [0, 0.1) is 0 Å². The molecule has 1 aromatic heterocycles. The molecule has 0 radical (unpaired) electrons. The van der Waals surface area contributed by atoms with Crippen LogP contribution in [0.25, 0.3) is 23.0 Å². The number of benzene rings is 3. The molecule has 0 unspecified atom stereocenters. The number of carbonyl (C=O) groups excluding carboxylic acids is 1. The quantitative estimate of drug-likeness (QED) is 0.305. The Balaban J connectivity index is 1.61. The van der Waals surface area contributed by atoms with Crippen molar-refractivity contribution in [3.05, 3.63) is 96.2 Å². The van der Waals surface area contributed by atoms with Crippen molar-refractivity contribution >= 4 is 12.0 Å². The molecule has 4 rings (SSSR count). The van der Waals surface area contributed by atoms with Gasteiger partial charge < -0.3 is 19.1 Å². The van der Waals surface area contributed by atoms with Gasteiger partial charge in [0.2, 0.25) is 5.91 Å². The zero-order valence-electron chi connectivity index (χ0n) is 20.8. The van der Waals surface area contributed by atoms with Crippen molar-refractivity contribution in [3.8, 4) is 34.2 Å². The van der Waals surface area contributed by atoms with Crippen LogP contribution in [0.15, 0.2) is 85.1 Å². The van der Waals surface area contributed by atoms with Gasteiger partial charge in [-0.25, -0.2) is 4.68 Å². The molecule has 0 saturated heterocycles. The van der Waals surface area contributed by atoms with E-state index in [0.717, 1.165) is 28.1 Å². The Morgan fingerprint density at radius 2 is 1.58 bits per heavy atom. The highest BCUT2D eigenvalue weighted by atomic mass is 16.5. The number of methoxy groups -OCH3 is 3. The third-order valence-electron chi connectivity index (χ3n) is 5.77. The van der Waals surface area contributed by atoms with Crippen molar-refractivity contribution in [2.24, 2.45) is 0 Å². The minimum atomic E-state index is -0.136. The largest absolute Gasteiger partial charge is 0.496 e. The number of hydrogen-bond donors (Lipinski definition) is 0. The first-order valence-electron chi connectivity index (χ1n) is 11.5. The number of hydrogen-bond acceptors (Lipinski definition) is 5. The van der Waals surface area contributed by atoms with E-state index >= 15 is 0 Å². The van der Waals surface area contributed by atoms with E-state index in [-0.39, 0.29) is 5.91 Å². The Kier molecular flexibility index (Phi) is 7.70. The van der Waals surface area contributed by atoms with E-state index in [4.69, 9.17) is 19.3 Å². The van der Waals surface area contributed by atoms with Crippen molar-refractivity contribution in [3.63, 3.8) is 0 Å². The molecule has 0 saturated carbocycles. The molecule has 0 N–H and O–H groups in total. The zero-order chi connectivity index (χ0) is 25.5. The number of para-hydroxylation sites is 2. The fraction of sp³-hybridized carbons (Fsp3) is 0.172. The van der Waals surface area contributed by atoms with Gasteiger partial charge in [0.1, 0.15) is 11.4 Å². The number of aromatic nitrogens is 2. The molecule has 0 aliphatic carbocycles. The molecule has 3 aromatic carbocycles. The summed E-state index contributed by atoms with van der Waals surface area (Å²) < 4.78 is 18.0. The lowest BCUT2D eigenvalue weighted by molar-refractivity contribution is -0.125. The number of rotatable bonds is 9. The van der Waals surface area contributed by atoms with Crippen LogP contribution >= 0.6 is 0 Å². The molecule has 0 fully saturated rings. The van der Waals surface area contributed by atoms with Gasteiger partial charge in [-0.15, -0.1) is 0 Å². The highest BCUT2D eigenvalue weighted by molar-refractivity contribution is 5.93. The Labute approximate surface area is 211 Å². The first-order chi connectivity index (χ1) is 17.5. The fourth-order valence-corrected chi connectivity index (χ4v) is 3.89. The van der Waals surface area contributed by atoms with Crippen LogP contribution in [0.2, 0.25) is 0 Å². The van der Waals surface area contributed by atoms with E-state index in [2.05, 4.69) is 0 Å². The molecule has 36 heavy (non-hydrogen) atoms. The van der Waals surface area contributed by atoms with Gasteiger partial charge >= 0.3 is 0 Å². The molecular formula is C29H29N3O4. The van der Waals surface area contributed by atoms with Gasteiger partial charge in [0, 0.05) is 37.0 Å². The Hall–Kier alpha value is -4.52. The smallest absolute Gasteiger partial charge is 0.246 e. The maximum atomic E-state index is 13.0. The lowest BCUT2D eigenvalue weighted by Gasteiger charge is -2.16. The number of likely N-dealkylation sites (N-methyl/N-ethyl adjacent to an activating group) is 1. The minimum absolute atomic E-state index is 0.136. The SMILES string of the molecule is COc1ccc(CN(C)C(=O)C=Cc2cn(-c3ccccc3)nc2-c2ccccc2OC)cc1OC. The van der Waals surface area contributed by atoms with Crippen molar-refractivity contribution < 1.29 is 19.0 Å². The number of nitrogens with zero attached hydrogens (tertiary/aromatic N) is 3. The van der Waals surface area contributed by atoms with Crippen LogP contribution < -0.4 is 14.2 Å². The van der Waals surface area contributed by atoms with Crippen LogP contribution in [0.5, 0.6) is 17.2 Å². The van der Waals surface area contributed by atoms with Crippen molar-refractivity contribution in [2.45, 2.75) is 6.54 Å². The van der Waals surface area contributed by atoms with Gasteiger partial charge in [-0.05, 0) is 48.0 Å². The van der Waals surface area contributed by atoms with E-state index in [1.54, 1.807) is 50.1 Å². The molecule has 184 valence electrons. The average Bonchev–Trinajstić information content (AvgIpc) is 3.36. The maximum absolute atomic E-state index is 13.0. The molecule has 0 aliphatic heterocycles. The Bertz CT molecular complexity index is 1360. The van der Waals surface area contributed by atoms with Gasteiger partial charge in [0.05, 0.1) is 27.0 Å². The standard InChI is InChI=1S/C29H29N3O4/c1-31(19-21-14-16-26(35-3)27(18-21)36-4)28(33)17-15-22-20-32(23-10-6-5-7-11-23)30-29(22)24-12-8-9-13-25(24)34-2/h5-18,20H,19H2,1-4H3. The molecule has 1 heterocycles. The third-order valence-corrected chi connectivity index (χ3v) is 5.77. The molecule has 0 spiro atoms. The highest BCUT2D eigenvalue weighted by Crippen LogP contribution is 2.32. The fourth-order valence-electron chi connectivity index (χ4n) is 3.89. The van der Waals surface area contributed by atoms with Crippen LogP contribution in [-0.4, -0.2) is 49.0 Å². The predicted molar refractivity (Wildman–Crippen MR) is 141 cm³/mol. The third kappa shape index (κ3) is 5.41. The van der Waals surface area contributed by atoms with Gasteiger partial charge in [-0.1, -0.05) is 36.4 Å². The Morgan fingerprint density at radius 3 is 2.31 bits per heavy atom. The summed E-state index contributed by atoms with van der Waals surface area (Å²) in [4.78, 5) is 14.6. The van der Waals surface area contributed by atoms with Gasteiger partial charge in [-0.2, -0.15) is 5.10 Å². The molecule has 1 amide bonds. The van der Waals surface area contributed by atoms with Crippen molar-refractivity contribution in [2.75, 3.05) is 28.4 Å². The van der Waals surface area contributed by atoms with E-state index in [0.29, 0.717) is 23.8 Å². The minimum Gasteiger partial charge on any atom is -0.496 e. The monoisotopic (exact) mass is 483 g/mol. The van der Waals surface area contributed by atoms with Crippen LogP contribution in [0.3, 0.4) is 0 Å². The van der Waals surface area contributed by atoms with Gasteiger partial charge in [0.15, 0.2) is 11.5 Å². The van der Waals surface area contributed by atoms with Crippen molar-refractivity contribution in [1.29, 1.82) is 0 Å². The van der Waals surface area contributed by atoms with E-state index in [1.807, 2.05) is 79.0 Å². The molecule has 0 atom stereocenters. The summed E-state index contributed by atoms with van der Waals surface area (Å²) in [6.45, 7) is 0.423. The van der Waals surface area contributed by atoms with Crippen LogP contribution in [0.4, 0.5) is 0 Å². The summed E-state index contributed by atoms with van der Waals surface area (Å²) in [5.41, 5.74) is 4.23. The number of ether oxygens (including phenoxy) is 3. The molecule has 7 nitrogen and oxygen atoms in total. The molecule has 0 aliphatic rings. The second-order valence-corrected chi connectivity index (χ2v) is 8.13. The molecule has 0 bridgehead atoms. The van der Waals surface area contributed by atoms with Crippen molar-refractivity contribution in [1.82, 2.24) is 14.7 Å². The zero-order valence-corrected chi connectivity index (χ0v) is 20.8. The highest BCUT2D eigenvalue weighted by Gasteiger charge is 2.15. The van der Waals surface area contributed by atoms with E-state index < -0.39 is 0 Å². The first kappa shape index (κ1) is 24.6. The molecular weight excluding hydrogens is 454 g/mol. The topological polar surface area (TPSA) is 65.8 Å². The summed E-state index contributed by atoms with van der Waals surface area (Å²) in [6, 6.07) is 23.2.